The molecule has 0 atom stereocenters. The molecular formula is C22H27N5O2S. The van der Waals surface area contributed by atoms with Crippen LogP contribution in [0, 0.1) is 0 Å². The molecule has 1 fully saturated rings. The Hall–Kier alpha value is -2.45. The van der Waals surface area contributed by atoms with E-state index in [4.69, 9.17) is 9.72 Å². The van der Waals surface area contributed by atoms with E-state index in [2.05, 4.69) is 14.8 Å². The van der Waals surface area contributed by atoms with Crippen molar-refractivity contribution in [1.29, 1.82) is 0 Å². The Balaban J connectivity index is 1.29. The molecule has 2 aromatic heterocycles. The number of benzene rings is 1. The van der Waals surface area contributed by atoms with Crippen molar-refractivity contribution in [3.63, 3.8) is 0 Å². The zero-order valence-electron chi connectivity index (χ0n) is 17.3. The molecule has 0 N–H and O–H groups in total. The molecule has 0 unspecified atom stereocenters. The minimum absolute atomic E-state index is 0.0128. The van der Waals surface area contributed by atoms with Crippen LogP contribution in [0.3, 0.4) is 0 Å². The average molecular weight is 426 g/mol. The second kappa shape index (κ2) is 8.35. The Morgan fingerprint density at radius 3 is 2.70 bits per heavy atom. The molecule has 1 saturated heterocycles. The second-order valence-corrected chi connectivity index (χ2v) is 9.05. The highest BCUT2D eigenvalue weighted by atomic mass is 32.1. The van der Waals surface area contributed by atoms with Gasteiger partial charge in [0.1, 0.15) is 0 Å². The number of thiazole rings is 1. The van der Waals surface area contributed by atoms with Crippen LogP contribution in [0.5, 0.6) is 0 Å². The van der Waals surface area contributed by atoms with Gasteiger partial charge in [0.25, 0.3) is 5.56 Å². The van der Waals surface area contributed by atoms with Crippen molar-refractivity contribution in [3.05, 3.63) is 45.5 Å². The van der Waals surface area contributed by atoms with E-state index >= 15 is 0 Å². The number of rotatable bonds is 5. The van der Waals surface area contributed by atoms with Crippen LogP contribution in [0.2, 0.25) is 0 Å². The lowest BCUT2D eigenvalue weighted by Crippen LogP contribution is -2.46. The van der Waals surface area contributed by atoms with Crippen LogP contribution in [0.15, 0.2) is 29.3 Å². The maximum atomic E-state index is 12.6. The summed E-state index contributed by atoms with van der Waals surface area (Å²) in [5, 5.41) is 1.85. The molecule has 3 heterocycles. The fraction of sp³-hybridized carbons (Fsp3) is 0.500. The van der Waals surface area contributed by atoms with E-state index in [-0.39, 0.29) is 5.56 Å². The van der Waals surface area contributed by atoms with Gasteiger partial charge < -0.3 is 14.5 Å². The summed E-state index contributed by atoms with van der Waals surface area (Å²) in [6, 6.07) is 5.99. The molecule has 1 aliphatic heterocycles. The third-order valence-electron chi connectivity index (χ3n) is 6.09. The molecule has 1 aliphatic carbocycles. The van der Waals surface area contributed by atoms with Gasteiger partial charge in [0, 0.05) is 43.9 Å². The number of anilines is 2. The number of piperazine rings is 1. The van der Waals surface area contributed by atoms with E-state index < -0.39 is 0 Å². The summed E-state index contributed by atoms with van der Waals surface area (Å²) in [7, 11) is 1.63. The van der Waals surface area contributed by atoms with Gasteiger partial charge in [-0.15, -0.1) is 11.3 Å². The molecule has 30 heavy (non-hydrogen) atoms. The van der Waals surface area contributed by atoms with E-state index in [0.29, 0.717) is 18.5 Å². The van der Waals surface area contributed by atoms with Crippen LogP contribution in [0.25, 0.3) is 10.9 Å². The molecule has 0 spiro atoms. The fourth-order valence-electron chi connectivity index (χ4n) is 4.32. The van der Waals surface area contributed by atoms with Crippen LogP contribution >= 0.6 is 11.3 Å². The van der Waals surface area contributed by atoms with Gasteiger partial charge in [-0.25, -0.2) is 9.97 Å². The minimum atomic E-state index is -0.0128. The van der Waals surface area contributed by atoms with Gasteiger partial charge in [0.05, 0.1) is 36.1 Å². The van der Waals surface area contributed by atoms with Crippen molar-refractivity contribution in [2.24, 2.45) is 0 Å². The van der Waals surface area contributed by atoms with Crippen molar-refractivity contribution < 1.29 is 4.74 Å². The van der Waals surface area contributed by atoms with Gasteiger partial charge in [-0.3, -0.25) is 9.36 Å². The molecule has 0 bridgehead atoms. The van der Waals surface area contributed by atoms with Gasteiger partial charge in [0.15, 0.2) is 5.13 Å². The monoisotopic (exact) mass is 425 g/mol. The maximum absolute atomic E-state index is 12.6. The van der Waals surface area contributed by atoms with Crippen molar-refractivity contribution in [1.82, 2.24) is 14.5 Å². The van der Waals surface area contributed by atoms with E-state index in [1.54, 1.807) is 18.0 Å². The first-order valence-electron chi connectivity index (χ1n) is 10.7. The van der Waals surface area contributed by atoms with Gasteiger partial charge >= 0.3 is 0 Å². The first-order valence-corrected chi connectivity index (χ1v) is 11.5. The number of hydrogen-bond donors (Lipinski definition) is 0. The molecule has 0 radical (unpaired) electrons. The van der Waals surface area contributed by atoms with Gasteiger partial charge in [-0.2, -0.15) is 0 Å². The molecule has 0 saturated carbocycles. The number of fused-ring (bicyclic) bond motifs is 2. The van der Waals surface area contributed by atoms with E-state index in [9.17, 15) is 4.79 Å². The van der Waals surface area contributed by atoms with Gasteiger partial charge in [0.2, 0.25) is 0 Å². The molecule has 2 aliphatic rings. The third-order valence-corrected chi connectivity index (χ3v) is 7.31. The number of hydrogen-bond acceptors (Lipinski definition) is 7. The molecule has 5 rings (SSSR count). The average Bonchev–Trinajstić information content (AvgIpc) is 3.23. The van der Waals surface area contributed by atoms with Crippen molar-refractivity contribution >= 4 is 33.1 Å². The number of ether oxygens (including phenoxy) is 1. The number of aryl methyl sites for hydroxylation is 2. The van der Waals surface area contributed by atoms with Crippen LogP contribution in [-0.2, 0) is 24.1 Å². The summed E-state index contributed by atoms with van der Waals surface area (Å²) < 4.78 is 6.68. The minimum Gasteiger partial charge on any atom is -0.383 e. The van der Waals surface area contributed by atoms with Crippen molar-refractivity contribution in [3.8, 4) is 0 Å². The Kier molecular flexibility index (Phi) is 5.43. The van der Waals surface area contributed by atoms with Crippen LogP contribution < -0.4 is 15.4 Å². The highest BCUT2D eigenvalue weighted by Gasteiger charge is 2.23. The molecule has 3 aromatic rings. The quantitative estimate of drug-likeness (QED) is 0.626. The van der Waals surface area contributed by atoms with Gasteiger partial charge in [-0.05, 0) is 43.9 Å². The molecule has 158 valence electrons. The van der Waals surface area contributed by atoms with Crippen LogP contribution in [0.1, 0.15) is 23.4 Å². The zero-order valence-corrected chi connectivity index (χ0v) is 18.2. The molecule has 7 nitrogen and oxygen atoms in total. The zero-order chi connectivity index (χ0) is 20.5. The Labute approximate surface area is 179 Å². The summed E-state index contributed by atoms with van der Waals surface area (Å²) in [5.41, 5.74) is 3.20. The maximum Gasteiger partial charge on any atom is 0.261 e. The first-order chi connectivity index (χ1) is 14.7. The predicted octanol–water partition coefficient (Wildman–Crippen LogP) is 2.70. The van der Waals surface area contributed by atoms with Crippen molar-refractivity contribution in [2.75, 3.05) is 49.7 Å². The second-order valence-electron chi connectivity index (χ2n) is 7.98. The Morgan fingerprint density at radius 1 is 1.10 bits per heavy atom. The topological polar surface area (TPSA) is 63.5 Å². The third kappa shape index (κ3) is 3.70. The fourth-order valence-corrected chi connectivity index (χ4v) is 5.52. The highest BCUT2D eigenvalue weighted by Crippen LogP contribution is 2.32. The lowest BCUT2D eigenvalue weighted by Gasteiger charge is -2.36. The standard InChI is InChI=1S/C22H27N5O2S/c1-29-13-12-27-15-23-19-14-16(6-7-17(19)21(27)28)25-8-10-26(11-9-25)22-24-18-4-2-3-5-20(18)30-22/h6-7,14-15H,2-5,8-13H2,1H3. The van der Waals surface area contributed by atoms with Crippen LogP contribution in [0.4, 0.5) is 10.8 Å². The summed E-state index contributed by atoms with van der Waals surface area (Å²) in [5.74, 6) is 0. The summed E-state index contributed by atoms with van der Waals surface area (Å²) in [6.45, 7) is 4.84. The SMILES string of the molecule is COCCn1cnc2cc(N3CCN(c4nc5c(s4)CCCC5)CC3)ccc2c1=O. The lowest BCUT2D eigenvalue weighted by atomic mass is 10.0. The highest BCUT2D eigenvalue weighted by molar-refractivity contribution is 7.15. The number of methoxy groups -OCH3 is 1. The summed E-state index contributed by atoms with van der Waals surface area (Å²) in [4.78, 5) is 28.4. The molecule has 0 amide bonds. The van der Waals surface area contributed by atoms with E-state index in [1.807, 2.05) is 29.5 Å². The number of aromatic nitrogens is 3. The Morgan fingerprint density at radius 2 is 1.90 bits per heavy atom. The van der Waals surface area contributed by atoms with E-state index in [1.165, 1.54) is 35.0 Å². The predicted molar refractivity (Wildman–Crippen MR) is 121 cm³/mol. The van der Waals surface area contributed by atoms with Crippen molar-refractivity contribution in [2.45, 2.75) is 32.2 Å². The van der Waals surface area contributed by atoms with Gasteiger partial charge in [-0.1, -0.05) is 0 Å². The lowest BCUT2D eigenvalue weighted by molar-refractivity contribution is 0.186. The number of nitrogens with zero attached hydrogens (tertiary/aromatic N) is 5. The molecule has 8 heteroatoms. The molecular weight excluding hydrogens is 398 g/mol. The Bertz CT molecular complexity index is 1080. The summed E-state index contributed by atoms with van der Waals surface area (Å²) in [6.07, 6.45) is 6.54. The first kappa shape index (κ1) is 19.5. The van der Waals surface area contributed by atoms with E-state index in [0.717, 1.165) is 43.8 Å². The normalized spacial score (nSPS) is 16.8. The largest absolute Gasteiger partial charge is 0.383 e. The van der Waals surface area contributed by atoms with Crippen LogP contribution in [-0.4, -0.2) is 54.4 Å². The smallest absolute Gasteiger partial charge is 0.261 e. The summed E-state index contributed by atoms with van der Waals surface area (Å²) >= 11 is 1.89. The molecule has 1 aromatic carbocycles.